The molecule has 0 saturated carbocycles. The van der Waals surface area contributed by atoms with E-state index in [-0.39, 0.29) is 6.10 Å². The van der Waals surface area contributed by atoms with Gasteiger partial charge in [0.05, 0.1) is 12.7 Å². The van der Waals surface area contributed by atoms with E-state index in [0.717, 1.165) is 25.7 Å². The number of ether oxygens (including phenoxy) is 1. The lowest BCUT2D eigenvalue weighted by Gasteiger charge is -2.05. The van der Waals surface area contributed by atoms with Crippen LogP contribution in [0.4, 0.5) is 0 Å². The molecule has 0 amide bonds. The maximum Gasteiger partial charge on any atom is 0.133 e. The minimum absolute atomic E-state index is 0.227. The number of hydrogen-bond acceptors (Lipinski definition) is 2. The van der Waals surface area contributed by atoms with Crippen LogP contribution in [0.15, 0.2) is 0 Å². The van der Waals surface area contributed by atoms with E-state index in [0.29, 0.717) is 12.2 Å². The van der Waals surface area contributed by atoms with E-state index >= 15 is 0 Å². The fourth-order valence-electron chi connectivity index (χ4n) is 1.18. The number of rotatable bonds is 9. The van der Waals surface area contributed by atoms with Gasteiger partial charge in [0.2, 0.25) is 0 Å². The van der Waals surface area contributed by atoms with Crippen LogP contribution >= 0.6 is 0 Å². The van der Waals surface area contributed by atoms with E-state index in [1.54, 1.807) is 6.61 Å². The second-order valence-electron chi connectivity index (χ2n) is 3.89. The molecule has 2 nitrogen and oxygen atoms in total. The van der Waals surface area contributed by atoms with E-state index in [2.05, 4.69) is 6.92 Å². The van der Waals surface area contributed by atoms with Crippen molar-refractivity contribution in [2.45, 2.75) is 65.4 Å². The summed E-state index contributed by atoms with van der Waals surface area (Å²) in [5.41, 5.74) is 0. The Kier molecular flexibility index (Phi) is 8.95. The maximum absolute atomic E-state index is 11.3. The van der Waals surface area contributed by atoms with Crippen LogP contribution in [0.5, 0.6) is 0 Å². The van der Waals surface area contributed by atoms with Crippen LogP contribution in [0.1, 0.15) is 59.3 Å². The molecule has 0 aliphatic heterocycles. The average Bonchev–Trinajstić information content (AvgIpc) is 2.13. The van der Waals surface area contributed by atoms with E-state index in [4.69, 9.17) is 4.74 Å². The summed E-state index contributed by atoms with van der Waals surface area (Å²) >= 11 is 0. The smallest absolute Gasteiger partial charge is 0.133 e. The molecule has 0 rings (SSSR count). The van der Waals surface area contributed by atoms with Crippen molar-refractivity contribution in [2.75, 3.05) is 0 Å². The predicted molar refractivity (Wildman–Crippen MR) is 58.9 cm³/mol. The molecule has 0 aromatic carbocycles. The van der Waals surface area contributed by atoms with Gasteiger partial charge in [0.1, 0.15) is 5.78 Å². The Bertz CT molecular complexity index is 141. The molecule has 0 aromatic heterocycles. The fraction of sp³-hybridized carbons (Fsp3) is 0.833. The number of unbranched alkanes of at least 4 members (excludes halogenated alkanes) is 2. The summed E-state index contributed by atoms with van der Waals surface area (Å²) in [7, 11) is 0. The predicted octanol–water partition coefficient (Wildman–Crippen LogP) is 3.50. The Balaban J connectivity index is 3.18. The van der Waals surface area contributed by atoms with Gasteiger partial charge in [-0.25, -0.2) is 0 Å². The first kappa shape index (κ1) is 13.6. The number of carbonyl (C=O) groups is 1. The molecule has 0 aliphatic carbocycles. The summed E-state index contributed by atoms with van der Waals surface area (Å²) in [4.78, 5) is 11.3. The Labute approximate surface area is 88.0 Å². The second-order valence-corrected chi connectivity index (χ2v) is 3.89. The molecule has 0 heterocycles. The Morgan fingerprint density at radius 2 is 2.00 bits per heavy atom. The number of ketones is 1. The largest absolute Gasteiger partial charge is 0.373 e. The highest BCUT2D eigenvalue weighted by Gasteiger charge is 2.02. The first-order valence-corrected chi connectivity index (χ1v) is 5.65. The van der Waals surface area contributed by atoms with Crippen molar-refractivity contribution in [1.29, 1.82) is 0 Å². The van der Waals surface area contributed by atoms with E-state index in [9.17, 15) is 4.79 Å². The van der Waals surface area contributed by atoms with Crippen LogP contribution in [-0.2, 0) is 9.53 Å². The number of hydrogen-bond donors (Lipinski definition) is 0. The zero-order chi connectivity index (χ0) is 10.8. The molecule has 0 spiro atoms. The summed E-state index contributed by atoms with van der Waals surface area (Å²) in [6, 6.07) is 0. The van der Waals surface area contributed by atoms with Gasteiger partial charge in [0, 0.05) is 12.8 Å². The molecule has 0 unspecified atom stereocenters. The van der Waals surface area contributed by atoms with Crippen molar-refractivity contribution in [3.8, 4) is 0 Å². The van der Waals surface area contributed by atoms with Gasteiger partial charge in [-0.15, -0.1) is 0 Å². The van der Waals surface area contributed by atoms with Crippen molar-refractivity contribution in [1.82, 2.24) is 0 Å². The highest BCUT2D eigenvalue weighted by molar-refractivity contribution is 5.78. The molecule has 0 N–H and O–H groups in total. The van der Waals surface area contributed by atoms with Gasteiger partial charge in [0.25, 0.3) is 0 Å². The Morgan fingerprint density at radius 3 is 2.57 bits per heavy atom. The third-order valence-corrected chi connectivity index (χ3v) is 1.97. The summed E-state index contributed by atoms with van der Waals surface area (Å²) in [5.74, 6) is 0.363. The van der Waals surface area contributed by atoms with Crippen LogP contribution in [0.3, 0.4) is 0 Å². The van der Waals surface area contributed by atoms with Gasteiger partial charge in [-0.2, -0.15) is 0 Å². The number of carbonyl (C=O) groups excluding carboxylic acids is 1. The first-order chi connectivity index (χ1) is 6.66. The normalized spacial score (nSPS) is 10.9. The minimum atomic E-state index is 0.227. The van der Waals surface area contributed by atoms with Crippen LogP contribution in [0.25, 0.3) is 0 Å². The van der Waals surface area contributed by atoms with Gasteiger partial charge >= 0.3 is 0 Å². The monoisotopic (exact) mass is 199 g/mol. The van der Waals surface area contributed by atoms with Gasteiger partial charge in [-0.05, 0) is 26.7 Å². The van der Waals surface area contributed by atoms with E-state index < -0.39 is 0 Å². The summed E-state index contributed by atoms with van der Waals surface area (Å²) in [6.07, 6.45) is 5.74. The minimum Gasteiger partial charge on any atom is -0.373 e. The van der Waals surface area contributed by atoms with Gasteiger partial charge in [0.15, 0.2) is 0 Å². The molecule has 0 fully saturated rings. The first-order valence-electron chi connectivity index (χ1n) is 5.65. The zero-order valence-corrected chi connectivity index (χ0v) is 9.71. The maximum atomic E-state index is 11.3. The lowest BCUT2D eigenvalue weighted by Crippen LogP contribution is -2.02. The van der Waals surface area contributed by atoms with Crippen molar-refractivity contribution in [3.05, 3.63) is 6.61 Å². The molecule has 1 radical (unpaired) electrons. The molecule has 0 aliphatic rings. The van der Waals surface area contributed by atoms with Gasteiger partial charge in [-0.3, -0.25) is 4.79 Å². The van der Waals surface area contributed by atoms with Crippen molar-refractivity contribution >= 4 is 5.78 Å². The molecular formula is C12H23O2. The molecule has 0 saturated heterocycles. The van der Waals surface area contributed by atoms with Crippen LogP contribution in [-0.4, -0.2) is 11.9 Å². The highest BCUT2D eigenvalue weighted by Crippen LogP contribution is 2.06. The van der Waals surface area contributed by atoms with Crippen molar-refractivity contribution < 1.29 is 9.53 Å². The molecular weight excluding hydrogens is 176 g/mol. The van der Waals surface area contributed by atoms with Crippen molar-refractivity contribution in [2.24, 2.45) is 0 Å². The second kappa shape index (κ2) is 9.20. The zero-order valence-electron chi connectivity index (χ0n) is 9.71. The molecule has 14 heavy (non-hydrogen) atoms. The van der Waals surface area contributed by atoms with Crippen LogP contribution in [0, 0.1) is 6.61 Å². The summed E-state index contributed by atoms with van der Waals surface area (Å²) in [6.45, 7) is 7.87. The molecule has 83 valence electrons. The Hall–Kier alpha value is -0.370. The van der Waals surface area contributed by atoms with Gasteiger partial charge < -0.3 is 4.74 Å². The third-order valence-electron chi connectivity index (χ3n) is 1.97. The highest BCUT2D eigenvalue weighted by atomic mass is 16.5. The van der Waals surface area contributed by atoms with E-state index in [1.165, 1.54) is 6.42 Å². The van der Waals surface area contributed by atoms with Gasteiger partial charge in [-0.1, -0.05) is 19.8 Å². The molecule has 2 heteroatoms. The number of Topliss-reactive ketones (excluding diaryl/α,β-unsaturated/α-hetero) is 1. The Morgan fingerprint density at radius 1 is 1.29 bits per heavy atom. The van der Waals surface area contributed by atoms with Crippen LogP contribution in [0.2, 0.25) is 0 Å². The lowest BCUT2D eigenvalue weighted by atomic mass is 10.1. The topological polar surface area (TPSA) is 26.3 Å². The van der Waals surface area contributed by atoms with E-state index in [1.807, 2.05) is 13.8 Å². The summed E-state index contributed by atoms with van der Waals surface area (Å²) in [5, 5.41) is 0. The average molecular weight is 199 g/mol. The SMILES string of the molecule is CCCCCC(=O)CC[CH]OC(C)C. The molecule has 0 atom stereocenters. The summed E-state index contributed by atoms with van der Waals surface area (Å²) < 4.78 is 5.24. The fourth-order valence-corrected chi connectivity index (χ4v) is 1.18. The standard InChI is InChI=1S/C12H23O2/c1-4-5-6-8-12(13)9-7-10-14-11(2)3/h10-11H,4-9H2,1-3H3. The lowest BCUT2D eigenvalue weighted by molar-refractivity contribution is -0.119. The third kappa shape index (κ3) is 9.72. The quantitative estimate of drug-likeness (QED) is 0.531. The van der Waals surface area contributed by atoms with Crippen molar-refractivity contribution in [3.63, 3.8) is 0 Å². The molecule has 0 bridgehead atoms. The van der Waals surface area contributed by atoms with Crippen LogP contribution < -0.4 is 0 Å². The molecule has 0 aromatic rings.